The van der Waals surface area contributed by atoms with Crippen LogP contribution in [0.25, 0.3) is 10.9 Å². The highest BCUT2D eigenvalue weighted by molar-refractivity contribution is 5.85. The van der Waals surface area contributed by atoms with Crippen LogP contribution in [0.5, 0.6) is 0 Å². The van der Waals surface area contributed by atoms with Crippen molar-refractivity contribution in [2.45, 2.75) is 71.1 Å². The Hall–Kier alpha value is -4.04. The summed E-state index contributed by atoms with van der Waals surface area (Å²) < 4.78 is 7.78. The molecule has 1 N–H and O–H groups in total. The molecule has 0 bridgehead atoms. The molecule has 0 radical (unpaired) electrons. The maximum atomic E-state index is 13.9. The molecule has 1 aliphatic rings. The number of nitrogens with one attached hydrogen (secondary N) is 1. The Morgan fingerprint density at radius 3 is 2.56 bits per heavy atom. The molecule has 1 atom stereocenters. The molecule has 8 heteroatoms. The lowest BCUT2D eigenvalue weighted by atomic mass is 9.94. The fourth-order valence-electron chi connectivity index (χ4n) is 5.92. The molecule has 0 unspecified atom stereocenters. The van der Waals surface area contributed by atoms with E-state index in [0.29, 0.717) is 24.5 Å². The molecule has 1 aliphatic carbocycles. The van der Waals surface area contributed by atoms with Crippen LogP contribution in [-0.2, 0) is 13.1 Å². The minimum Gasteiger partial charge on any atom is -0.468 e. The molecule has 2 aromatic carbocycles. The standard InChI is InChI=1S/C31H34N6O2/c1-21-15-16-22(2)28-26(21)18-27(31(38)32-28)29(30-33-34-35-37(30)24-12-7-4-8-13-24)36(20-25-14-9-17-39-25)19-23-10-5-3-6-11-23/h3,5-6,9-11,14-18,24,29H,4,7-8,12-13,19-20H2,1-2H3,(H,32,38)/t29-/m0/s1. The molecule has 0 aliphatic heterocycles. The Bertz CT molecular complexity index is 1600. The van der Waals surface area contributed by atoms with Crippen LogP contribution < -0.4 is 5.56 Å². The van der Waals surface area contributed by atoms with Crippen LogP contribution in [-0.4, -0.2) is 30.1 Å². The second kappa shape index (κ2) is 11.0. The van der Waals surface area contributed by atoms with Gasteiger partial charge in [-0.15, -0.1) is 5.10 Å². The highest BCUT2D eigenvalue weighted by Gasteiger charge is 2.33. The average molecular weight is 523 g/mol. The first-order valence-electron chi connectivity index (χ1n) is 13.8. The predicted octanol–water partition coefficient (Wildman–Crippen LogP) is 6.02. The Balaban J connectivity index is 1.55. The van der Waals surface area contributed by atoms with Crippen molar-refractivity contribution >= 4 is 10.9 Å². The van der Waals surface area contributed by atoms with Gasteiger partial charge in [0.15, 0.2) is 5.82 Å². The first kappa shape index (κ1) is 25.2. The number of H-pyrrole nitrogens is 1. The van der Waals surface area contributed by atoms with Gasteiger partial charge in [-0.1, -0.05) is 61.7 Å². The Kier molecular flexibility index (Phi) is 7.11. The highest BCUT2D eigenvalue weighted by Crippen LogP contribution is 2.35. The third kappa shape index (κ3) is 5.16. The van der Waals surface area contributed by atoms with Crippen LogP contribution in [0, 0.1) is 13.8 Å². The van der Waals surface area contributed by atoms with Crippen molar-refractivity contribution in [3.63, 3.8) is 0 Å². The van der Waals surface area contributed by atoms with Gasteiger partial charge in [-0.3, -0.25) is 9.69 Å². The molecule has 3 heterocycles. The van der Waals surface area contributed by atoms with Gasteiger partial charge in [0.25, 0.3) is 5.56 Å². The van der Waals surface area contributed by atoms with Gasteiger partial charge in [0.1, 0.15) is 11.8 Å². The van der Waals surface area contributed by atoms with Crippen LogP contribution in [0.2, 0.25) is 0 Å². The van der Waals surface area contributed by atoms with E-state index >= 15 is 0 Å². The van der Waals surface area contributed by atoms with E-state index in [9.17, 15) is 4.79 Å². The van der Waals surface area contributed by atoms with Crippen molar-refractivity contribution in [3.05, 3.63) is 111 Å². The van der Waals surface area contributed by atoms with E-state index in [-0.39, 0.29) is 11.6 Å². The van der Waals surface area contributed by atoms with Gasteiger partial charge >= 0.3 is 0 Å². The van der Waals surface area contributed by atoms with Crippen molar-refractivity contribution < 1.29 is 4.42 Å². The van der Waals surface area contributed by atoms with Gasteiger partial charge in [-0.2, -0.15) is 0 Å². The van der Waals surface area contributed by atoms with Gasteiger partial charge in [-0.05, 0) is 72.0 Å². The van der Waals surface area contributed by atoms with E-state index in [4.69, 9.17) is 4.42 Å². The molecule has 200 valence electrons. The molecule has 3 aromatic heterocycles. The number of benzene rings is 2. The molecule has 1 fully saturated rings. The number of fused-ring (bicyclic) bond motifs is 1. The van der Waals surface area contributed by atoms with E-state index in [0.717, 1.165) is 59.0 Å². The highest BCUT2D eigenvalue weighted by atomic mass is 16.3. The van der Waals surface area contributed by atoms with E-state index in [1.807, 2.05) is 54.1 Å². The summed E-state index contributed by atoms with van der Waals surface area (Å²) in [5.41, 5.74) is 4.66. The molecule has 0 amide bonds. The maximum absolute atomic E-state index is 13.9. The van der Waals surface area contributed by atoms with Crippen LogP contribution >= 0.6 is 0 Å². The molecule has 0 spiro atoms. The van der Waals surface area contributed by atoms with Gasteiger partial charge < -0.3 is 9.40 Å². The SMILES string of the molecule is Cc1ccc(C)c2[nH]c(=O)c([C@@H](c3nnnn3C3CCCCC3)N(Cc3ccccc3)Cc3ccco3)cc12. The number of aromatic amines is 1. The summed E-state index contributed by atoms with van der Waals surface area (Å²) in [7, 11) is 0. The largest absolute Gasteiger partial charge is 0.468 e. The van der Waals surface area contributed by atoms with Crippen molar-refractivity contribution in [1.29, 1.82) is 0 Å². The number of rotatable bonds is 8. The quantitative estimate of drug-likeness (QED) is 0.268. The first-order chi connectivity index (χ1) is 19.1. The van der Waals surface area contributed by atoms with Crippen LogP contribution in [0.4, 0.5) is 0 Å². The number of tetrazole rings is 1. The van der Waals surface area contributed by atoms with Crippen molar-refractivity contribution in [2.24, 2.45) is 0 Å². The molecule has 5 aromatic rings. The first-order valence-corrected chi connectivity index (χ1v) is 13.8. The fraction of sp³-hybridized carbons (Fsp3) is 0.355. The van der Waals surface area contributed by atoms with Crippen LogP contribution in [0.3, 0.4) is 0 Å². The van der Waals surface area contributed by atoms with Crippen molar-refractivity contribution in [1.82, 2.24) is 30.1 Å². The predicted molar refractivity (Wildman–Crippen MR) is 150 cm³/mol. The topological polar surface area (TPSA) is 92.8 Å². The zero-order chi connectivity index (χ0) is 26.8. The Morgan fingerprint density at radius 2 is 1.79 bits per heavy atom. The zero-order valence-electron chi connectivity index (χ0n) is 22.5. The van der Waals surface area contributed by atoms with Crippen molar-refractivity contribution in [3.8, 4) is 0 Å². The summed E-state index contributed by atoms with van der Waals surface area (Å²) in [5, 5.41) is 14.3. The molecular formula is C31H34N6O2. The lowest BCUT2D eigenvalue weighted by Gasteiger charge is -2.32. The smallest absolute Gasteiger partial charge is 0.253 e. The molecule has 39 heavy (non-hydrogen) atoms. The summed E-state index contributed by atoms with van der Waals surface area (Å²) in [6, 6.07) is 20.1. The third-order valence-electron chi connectivity index (χ3n) is 7.98. The normalized spacial score (nSPS) is 15.3. The number of pyridine rings is 1. The number of hydrogen-bond donors (Lipinski definition) is 1. The molecule has 8 nitrogen and oxygen atoms in total. The van der Waals surface area contributed by atoms with Gasteiger partial charge in [0.05, 0.1) is 24.4 Å². The Labute approximate surface area is 227 Å². The monoisotopic (exact) mass is 522 g/mol. The Morgan fingerprint density at radius 1 is 1.00 bits per heavy atom. The van der Waals surface area contributed by atoms with Crippen molar-refractivity contribution in [2.75, 3.05) is 0 Å². The minimum absolute atomic E-state index is 0.128. The van der Waals surface area contributed by atoms with Crippen LogP contribution in [0.15, 0.2) is 76.1 Å². The summed E-state index contributed by atoms with van der Waals surface area (Å²) in [6.07, 6.45) is 7.31. The summed E-state index contributed by atoms with van der Waals surface area (Å²) in [6.45, 7) is 5.19. The lowest BCUT2D eigenvalue weighted by molar-refractivity contribution is 0.173. The summed E-state index contributed by atoms with van der Waals surface area (Å²) in [5.74, 6) is 1.51. The van der Waals surface area contributed by atoms with Crippen LogP contribution in [0.1, 0.15) is 78.0 Å². The number of aromatic nitrogens is 5. The van der Waals surface area contributed by atoms with E-state index in [1.54, 1.807) is 6.26 Å². The van der Waals surface area contributed by atoms with E-state index in [2.05, 4.69) is 50.5 Å². The number of hydrogen-bond acceptors (Lipinski definition) is 6. The minimum atomic E-state index is -0.486. The average Bonchev–Trinajstić information content (AvgIpc) is 3.65. The number of nitrogens with zero attached hydrogens (tertiary/aromatic N) is 5. The fourth-order valence-corrected chi connectivity index (χ4v) is 5.92. The second-order valence-corrected chi connectivity index (χ2v) is 10.7. The van der Waals surface area contributed by atoms with Gasteiger partial charge in [0, 0.05) is 17.5 Å². The summed E-state index contributed by atoms with van der Waals surface area (Å²) in [4.78, 5) is 19.4. The lowest BCUT2D eigenvalue weighted by Crippen LogP contribution is -2.35. The number of aryl methyl sites for hydroxylation is 2. The van der Waals surface area contributed by atoms with E-state index < -0.39 is 6.04 Å². The molecule has 0 saturated heterocycles. The molecule has 1 saturated carbocycles. The maximum Gasteiger partial charge on any atom is 0.253 e. The second-order valence-electron chi connectivity index (χ2n) is 10.7. The zero-order valence-corrected chi connectivity index (χ0v) is 22.5. The summed E-state index contributed by atoms with van der Waals surface area (Å²) >= 11 is 0. The number of furan rings is 1. The van der Waals surface area contributed by atoms with E-state index in [1.165, 1.54) is 6.42 Å². The third-order valence-corrected chi connectivity index (χ3v) is 7.98. The molecular weight excluding hydrogens is 488 g/mol. The molecule has 6 rings (SSSR count). The van der Waals surface area contributed by atoms with Gasteiger partial charge in [-0.25, -0.2) is 4.68 Å². The van der Waals surface area contributed by atoms with Gasteiger partial charge in [0.2, 0.25) is 0 Å².